The van der Waals surface area contributed by atoms with Crippen LogP contribution in [0.25, 0.3) is 0 Å². The fourth-order valence-electron chi connectivity index (χ4n) is 2.20. The Labute approximate surface area is 115 Å². The van der Waals surface area contributed by atoms with Gasteiger partial charge in [0.25, 0.3) is 0 Å². The van der Waals surface area contributed by atoms with Crippen molar-refractivity contribution in [2.75, 3.05) is 13.1 Å². The summed E-state index contributed by atoms with van der Waals surface area (Å²) in [6, 6.07) is 21.6. The van der Waals surface area contributed by atoms with Crippen molar-refractivity contribution in [2.24, 2.45) is 5.73 Å². The van der Waals surface area contributed by atoms with E-state index in [9.17, 15) is 0 Å². The minimum atomic E-state index is 0.343. The largest absolute Gasteiger partial charge is 0.329 e. The molecule has 0 fully saturated rings. The van der Waals surface area contributed by atoms with Crippen molar-refractivity contribution >= 4 is 0 Å². The van der Waals surface area contributed by atoms with E-state index in [-0.39, 0.29) is 0 Å². The summed E-state index contributed by atoms with van der Waals surface area (Å²) in [5, 5.41) is 3.50. The van der Waals surface area contributed by atoms with E-state index >= 15 is 0 Å². The zero-order valence-corrected chi connectivity index (χ0v) is 11.4. The molecule has 2 rings (SSSR count). The smallest absolute Gasteiger partial charge is 0.0214 e. The van der Waals surface area contributed by atoms with E-state index in [1.54, 1.807) is 0 Å². The highest BCUT2D eigenvalue weighted by Crippen LogP contribution is 2.23. The van der Waals surface area contributed by atoms with Gasteiger partial charge in [-0.25, -0.2) is 0 Å². The van der Waals surface area contributed by atoms with Crippen molar-refractivity contribution in [3.63, 3.8) is 0 Å². The van der Waals surface area contributed by atoms with E-state index in [4.69, 9.17) is 5.73 Å². The van der Waals surface area contributed by atoms with Gasteiger partial charge in [0.05, 0.1) is 0 Å². The van der Waals surface area contributed by atoms with Crippen LogP contribution in [0, 0.1) is 0 Å². The van der Waals surface area contributed by atoms with E-state index in [1.807, 2.05) is 0 Å². The normalized spacial score (nSPS) is 12.6. The maximum atomic E-state index is 5.67. The van der Waals surface area contributed by atoms with Crippen LogP contribution in [0.3, 0.4) is 0 Å². The maximum Gasteiger partial charge on any atom is 0.0214 e. The number of nitrogens with two attached hydrogens (primary N) is 1. The molecule has 1 atom stereocenters. The SMILES string of the molecule is CC(CN)NCC(c1ccccc1)c1ccccc1. The van der Waals surface area contributed by atoms with Crippen LogP contribution in [0.4, 0.5) is 0 Å². The molecule has 0 bridgehead atoms. The highest BCUT2D eigenvalue weighted by atomic mass is 14.9. The number of rotatable bonds is 6. The van der Waals surface area contributed by atoms with Crippen molar-refractivity contribution in [1.82, 2.24) is 5.32 Å². The fraction of sp³-hybridized carbons (Fsp3) is 0.294. The van der Waals surface area contributed by atoms with E-state index in [0.717, 1.165) is 6.54 Å². The van der Waals surface area contributed by atoms with Gasteiger partial charge in [-0.05, 0) is 18.1 Å². The molecule has 19 heavy (non-hydrogen) atoms. The van der Waals surface area contributed by atoms with Gasteiger partial charge in [-0.3, -0.25) is 0 Å². The number of hydrogen-bond acceptors (Lipinski definition) is 2. The van der Waals surface area contributed by atoms with Crippen molar-refractivity contribution in [1.29, 1.82) is 0 Å². The lowest BCUT2D eigenvalue weighted by atomic mass is 9.91. The highest BCUT2D eigenvalue weighted by molar-refractivity contribution is 5.32. The molecule has 0 aliphatic rings. The minimum Gasteiger partial charge on any atom is -0.329 e. The minimum absolute atomic E-state index is 0.343. The lowest BCUT2D eigenvalue weighted by Gasteiger charge is -2.21. The molecule has 0 amide bonds. The molecule has 0 saturated carbocycles. The lowest BCUT2D eigenvalue weighted by molar-refractivity contribution is 0.536. The van der Waals surface area contributed by atoms with Crippen LogP contribution in [0.5, 0.6) is 0 Å². The van der Waals surface area contributed by atoms with Gasteiger partial charge >= 0.3 is 0 Å². The monoisotopic (exact) mass is 254 g/mol. The van der Waals surface area contributed by atoms with Crippen LogP contribution >= 0.6 is 0 Å². The predicted octanol–water partition coefficient (Wildman–Crippen LogP) is 2.76. The third-order valence-electron chi connectivity index (χ3n) is 3.43. The summed E-state index contributed by atoms with van der Waals surface area (Å²) in [5.41, 5.74) is 8.35. The maximum absolute atomic E-state index is 5.67. The van der Waals surface area contributed by atoms with Crippen LogP contribution < -0.4 is 11.1 Å². The van der Waals surface area contributed by atoms with Gasteiger partial charge in [0, 0.05) is 25.0 Å². The molecule has 0 aliphatic carbocycles. The molecular formula is C17H22N2. The molecule has 0 radical (unpaired) electrons. The van der Waals surface area contributed by atoms with Crippen molar-refractivity contribution < 1.29 is 0 Å². The molecule has 2 aromatic carbocycles. The second kappa shape index (κ2) is 7.07. The molecule has 0 heterocycles. The first-order valence-corrected chi connectivity index (χ1v) is 6.84. The second-order valence-corrected chi connectivity index (χ2v) is 4.92. The quantitative estimate of drug-likeness (QED) is 0.832. The molecule has 2 nitrogen and oxygen atoms in total. The fourth-order valence-corrected chi connectivity index (χ4v) is 2.20. The molecule has 2 aromatic rings. The van der Waals surface area contributed by atoms with Crippen molar-refractivity contribution in [2.45, 2.75) is 18.9 Å². The summed E-state index contributed by atoms with van der Waals surface area (Å²) in [7, 11) is 0. The Hall–Kier alpha value is -1.64. The summed E-state index contributed by atoms with van der Waals surface area (Å²) in [6.45, 7) is 3.69. The van der Waals surface area contributed by atoms with Crippen LogP contribution in [0.15, 0.2) is 60.7 Å². The van der Waals surface area contributed by atoms with Gasteiger partial charge in [-0.2, -0.15) is 0 Å². The molecule has 0 spiro atoms. The first kappa shape index (κ1) is 13.8. The Morgan fingerprint density at radius 2 is 1.37 bits per heavy atom. The van der Waals surface area contributed by atoms with Crippen LogP contribution in [-0.4, -0.2) is 19.1 Å². The summed E-state index contributed by atoms with van der Waals surface area (Å²) >= 11 is 0. The second-order valence-electron chi connectivity index (χ2n) is 4.92. The first-order valence-electron chi connectivity index (χ1n) is 6.84. The first-order chi connectivity index (χ1) is 9.31. The van der Waals surface area contributed by atoms with Crippen molar-refractivity contribution in [3.8, 4) is 0 Å². The summed E-state index contributed by atoms with van der Waals surface area (Å²) in [6.07, 6.45) is 0. The molecule has 3 N–H and O–H groups in total. The Kier molecular flexibility index (Phi) is 5.13. The Morgan fingerprint density at radius 3 is 1.79 bits per heavy atom. The summed E-state index contributed by atoms with van der Waals surface area (Å²) in [4.78, 5) is 0. The number of hydrogen-bond donors (Lipinski definition) is 2. The summed E-state index contributed by atoms with van der Waals surface area (Å²) < 4.78 is 0. The van der Waals surface area contributed by atoms with Gasteiger partial charge in [0.1, 0.15) is 0 Å². The number of nitrogens with one attached hydrogen (secondary N) is 1. The molecule has 0 saturated heterocycles. The van der Waals surface area contributed by atoms with Gasteiger partial charge in [0.15, 0.2) is 0 Å². The standard InChI is InChI=1S/C17H22N2/c1-14(12-18)19-13-17(15-8-4-2-5-9-15)16-10-6-3-7-11-16/h2-11,14,17,19H,12-13,18H2,1H3. The third-order valence-corrected chi connectivity index (χ3v) is 3.43. The molecule has 100 valence electrons. The van der Waals surface area contributed by atoms with E-state index in [2.05, 4.69) is 72.9 Å². The predicted molar refractivity (Wildman–Crippen MR) is 81.2 cm³/mol. The number of benzene rings is 2. The molecule has 0 aromatic heterocycles. The average molecular weight is 254 g/mol. The Bertz CT molecular complexity index is 428. The van der Waals surface area contributed by atoms with Crippen molar-refractivity contribution in [3.05, 3.63) is 71.8 Å². The average Bonchev–Trinajstić information content (AvgIpc) is 2.49. The highest BCUT2D eigenvalue weighted by Gasteiger charge is 2.14. The van der Waals surface area contributed by atoms with E-state index in [1.165, 1.54) is 11.1 Å². The summed E-state index contributed by atoms with van der Waals surface area (Å²) in [5.74, 6) is 0.372. The van der Waals surface area contributed by atoms with Crippen LogP contribution in [-0.2, 0) is 0 Å². The van der Waals surface area contributed by atoms with Gasteiger partial charge in [0.2, 0.25) is 0 Å². The third kappa shape index (κ3) is 3.91. The van der Waals surface area contributed by atoms with Gasteiger partial charge < -0.3 is 11.1 Å². The molecule has 1 unspecified atom stereocenters. The molecule has 0 aliphatic heterocycles. The van der Waals surface area contributed by atoms with E-state index < -0.39 is 0 Å². The molecular weight excluding hydrogens is 232 g/mol. The zero-order chi connectivity index (χ0) is 13.5. The van der Waals surface area contributed by atoms with Crippen LogP contribution in [0.2, 0.25) is 0 Å². The Balaban J connectivity index is 2.19. The Morgan fingerprint density at radius 1 is 0.895 bits per heavy atom. The molecule has 2 heteroatoms. The van der Waals surface area contributed by atoms with Gasteiger partial charge in [-0.15, -0.1) is 0 Å². The zero-order valence-electron chi connectivity index (χ0n) is 11.4. The topological polar surface area (TPSA) is 38.0 Å². The van der Waals surface area contributed by atoms with Gasteiger partial charge in [-0.1, -0.05) is 60.7 Å². The van der Waals surface area contributed by atoms with E-state index in [0.29, 0.717) is 18.5 Å². The van der Waals surface area contributed by atoms with Crippen LogP contribution in [0.1, 0.15) is 24.0 Å². The lowest BCUT2D eigenvalue weighted by Crippen LogP contribution is -2.36.